The average molecular weight is 478 g/mol. The Balaban J connectivity index is 1.28. The monoisotopic (exact) mass is 477 g/mol. The predicted molar refractivity (Wildman–Crippen MR) is 143 cm³/mol. The summed E-state index contributed by atoms with van der Waals surface area (Å²) in [5.41, 5.74) is 5.62. The molecule has 2 fully saturated rings. The molecule has 3 aliphatic rings. The Morgan fingerprint density at radius 1 is 0.886 bits per heavy atom. The number of anilines is 1. The highest BCUT2D eigenvalue weighted by atomic mass is 16.3. The van der Waals surface area contributed by atoms with Gasteiger partial charge in [0.2, 0.25) is 0 Å². The molecule has 2 aromatic rings. The van der Waals surface area contributed by atoms with Crippen molar-refractivity contribution in [3.8, 4) is 11.3 Å². The molecule has 0 spiro atoms. The molecule has 2 aliphatic carbocycles. The third kappa shape index (κ3) is 5.00. The summed E-state index contributed by atoms with van der Waals surface area (Å²) in [4.78, 5) is 7.48. The van der Waals surface area contributed by atoms with Crippen LogP contribution in [-0.2, 0) is 10.8 Å². The molecule has 1 saturated carbocycles. The van der Waals surface area contributed by atoms with Gasteiger partial charge in [-0.1, -0.05) is 45.9 Å². The highest BCUT2D eigenvalue weighted by Gasteiger charge is 2.37. The lowest BCUT2D eigenvalue weighted by Crippen LogP contribution is -2.54. The van der Waals surface area contributed by atoms with E-state index in [1.165, 1.54) is 29.5 Å². The van der Waals surface area contributed by atoms with E-state index in [0.29, 0.717) is 12.5 Å². The summed E-state index contributed by atoms with van der Waals surface area (Å²) in [6, 6.07) is 13.8. The number of fused-ring (bicyclic) bond motifs is 1. The normalized spacial score (nSPS) is 28.5. The van der Waals surface area contributed by atoms with Gasteiger partial charge in [0.15, 0.2) is 0 Å². The van der Waals surface area contributed by atoms with E-state index in [-0.39, 0.29) is 16.9 Å². The molecule has 0 radical (unpaired) electrons. The maximum Gasteiger partial charge on any atom is 0.129 e. The van der Waals surface area contributed by atoms with Crippen molar-refractivity contribution >= 4 is 5.82 Å². The summed E-state index contributed by atoms with van der Waals surface area (Å²) < 4.78 is 0. The lowest BCUT2D eigenvalue weighted by atomic mass is 9.63. The summed E-state index contributed by atoms with van der Waals surface area (Å²) in [5.74, 6) is 1.05. The number of hydrogen-bond acceptors (Lipinski definition) is 5. The summed E-state index contributed by atoms with van der Waals surface area (Å²) in [6.45, 7) is 11.4. The van der Waals surface area contributed by atoms with Gasteiger partial charge in [0.25, 0.3) is 0 Å². The van der Waals surface area contributed by atoms with Crippen LogP contribution < -0.4 is 10.2 Å². The van der Waals surface area contributed by atoms with Crippen molar-refractivity contribution in [1.82, 2.24) is 10.3 Å². The molecule has 1 aliphatic heterocycles. The van der Waals surface area contributed by atoms with E-state index >= 15 is 0 Å². The minimum atomic E-state index is -0.646. The zero-order valence-corrected chi connectivity index (χ0v) is 21.9. The molecule has 35 heavy (non-hydrogen) atoms. The van der Waals surface area contributed by atoms with Crippen LogP contribution >= 0.6 is 0 Å². The zero-order valence-electron chi connectivity index (χ0n) is 21.9. The molecule has 2 heterocycles. The van der Waals surface area contributed by atoms with Gasteiger partial charge >= 0.3 is 0 Å². The highest BCUT2D eigenvalue weighted by Crippen LogP contribution is 2.46. The van der Waals surface area contributed by atoms with Crippen LogP contribution in [0.4, 0.5) is 5.82 Å². The van der Waals surface area contributed by atoms with Gasteiger partial charge in [-0.05, 0) is 85.1 Å². The molecule has 3 N–H and O–H groups in total. The van der Waals surface area contributed by atoms with Gasteiger partial charge in [-0.15, -0.1) is 0 Å². The van der Waals surface area contributed by atoms with E-state index in [4.69, 9.17) is 4.98 Å². The van der Waals surface area contributed by atoms with Crippen molar-refractivity contribution < 1.29 is 10.2 Å². The molecular formula is C30H43N3O2. The molecule has 0 amide bonds. The Kier molecular flexibility index (Phi) is 6.71. The number of aliphatic hydroxyl groups excluding tert-OH is 2. The van der Waals surface area contributed by atoms with Crippen molar-refractivity contribution in [2.75, 3.05) is 18.0 Å². The molecule has 5 heteroatoms. The number of aromatic nitrogens is 1. The second-order valence-electron chi connectivity index (χ2n) is 12.4. The number of nitrogens with zero attached hydrogens (tertiary/aromatic N) is 2. The number of piperidine rings is 1. The maximum atomic E-state index is 10.3. The average Bonchev–Trinajstić information content (AvgIpc) is 2.85. The predicted octanol–water partition coefficient (Wildman–Crippen LogP) is 4.93. The van der Waals surface area contributed by atoms with E-state index in [2.05, 4.69) is 74.3 Å². The number of rotatable bonds is 4. The van der Waals surface area contributed by atoms with Gasteiger partial charge in [-0.25, -0.2) is 4.98 Å². The fourth-order valence-corrected chi connectivity index (χ4v) is 6.42. The lowest BCUT2D eigenvalue weighted by molar-refractivity contribution is -0.0324. The van der Waals surface area contributed by atoms with Crippen LogP contribution in [0.5, 0.6) is 0 Å². The quantitative estimate of drug-likeness (QED) is 0.583. The van der Waals surface area contributed by atoms with Crippen LogP contribution in [0.15, 0.2) is 36.4 Å². The summed E-state index contributed by atoms with van der Waals surface area (Å²) in [7, 11) is 0. The Morgan fingerprint density at radius 3 is 2.34 bits per heavy atom. The number of pyridine rings is 1. The third-order valence-electron chi connectivity index (χ3n) is 8.97. The minimum Gasteiger partial charge on any atom is -0.390 e. The molecule has 190 valence electrons. The summed E-state index contributed by atoms with van der Waals surface area (Å²) in [5, 5.41) is 24.0. The van der Waals surface area contributed by atoms with Crippen LogP contribution in [0.3, 0.4) is 0 Å². The topological polar surface area (TPSA) is 68.6 Å². The van der Waals surface area contributed by atoms with Crippen LogP contribution in [-0.4, -0.2) is 52.6 Å². The minimum absolute atomic E-state index is 0.00925. The number of aliphatic hydroxyl groups is 2. The second kappa shape index (κ2) is 9.49. The first-order valence-electron chi connectivity index (χ1n) is 13.6. The first-order valence-corrected chi connectivity index (χ1v) is 13.6. The van der Waals surface area contributed by atoms with Gasteiger partial charge in [0.05, 0.1) is 17.9 Å². The van der Waals surface area contributed by atoms with Crippen LogP contribution in [0.2, 0.25) is 0 Å². The Bertz CT molecular complexity index is 1040. The van der Waals surface area contributed by atoms with Gasteiger partial charge in [0, 0.05) is 30.7 Å². The Labute approximate surface area is 211 Å². The van der Waals surface area contributed by atoms with Crippen LogP contribution in [0.1, 0.15) is 83.8 Å². The van der Waals surface area contributed by atoms with Crippen molar-refractivity contribution in [2.24, 2.45) is 0 Å². The highest BCUT2D eigenvalue weighted by molar-refractivity contribution is 5.65. The van der Waals surface area contributed by atoms with Crippen LogP contribution in [0, 0.1) is 0 Å². The van der Waals surface area contributed by atoms with E-state index in [0.717, 1.165) is 50.3 Å². The van der Waals surface area contributed by atoms with E-state index in [9.17, 15) is 10.2 Å². The molecule has 1 aromatic carbocycles. The second-order valence-corrected chi connectivity index (χ2v) is 12.4. The Morgan fingerprint density at radius 2 is 1.60 bits per heavy atom. The first kappa shape index (κ1) is 24.7. The maximum absolute atomic E-state index is 10.3. The molecular weight excluding hydrogens is 434 g/mol. The van der Waals surface area contributed by atoms with E-state index in [1.807, 2.05) is 0 Å². The smallest absolute Gasteiger partial charge is 0.129 e. The number of nitrogens with one attached hydrogen (secondary N) is 1. The number of benzene rings is 1. The fourth-order valence-electron chi connectivity index (χ4n) is 6.42. The van der Waals surface area contributed by atoms with Crippen molar-refractivity contribution in [1.29, 1.82) is 0 Å². The Hall–Kier alpha value is -1.95. The summed E-state index contributed by atoms with van der Waals surface area (Å²) >= 11 is 0. The molecule has 0 unspecified atom stereocenters. The van der Waals surface area contributed by atoms with Crippen molar-refractivity contribution in [3.05, 3.63) is 47.5 Å². The van der Waals surface area contributed by atoms with Gasteiger partial charge in [-0.2, -0.15) is 0 Å². The van der Waals surface area contributed by atoms with Crippen LogP contribution in [0.25, 0.3) is 11.3 Å². The van der Waals surface area contributed by atoms with Gasteiger partial charge in [0.1, 0.15) is 5.82 Å². The van der Waals surface area contributed by atoms with Gasteiger partial charge < -0.3 is 20.4 Å². The van der Waals surface area contributed by atoms with Gasteiger partial charge in [-0.3, -0.25) is 0 Å². The molecule has 3 atom stereocenters. The fraction of sp³-hybridized carbons (Fsp3) is 0.633. The molecule has 0 bridgehead atoms. The summed E-state index contributed by atoms with van der Waals surface area (Å²) in [6.07, 6.45) is 5.87. The lowest BCUT2D eigenvalue weighted by Gasteiger charge is -2.42. The van der Waals surface area contributed by atoms with E-state index in [1.54, 1.807) is 0 Å². The first-order chi connectivity index (χ1) is 16.6. The largest absolute Gasteiger partial charge is 0.390 e. The zero-order chi connectivity index (χ0) is 24.8. The SMILES string of the molecule is CC1(C)CCC(C)(C)c2cc(-c3cccc(N4CCC(N[C@@H]5CCC[C@@H](O)[C@H]5O)CC4)n3)ccc21. The molecule has 5 rings (SSSR count). The number of hydrogen-bond donors (Lipinski definition) is 3. The molecule has 1 aromatic heterocycles. The molecule has 5 nitrogen and oxygen atoms in total. The third-order valence-corrected chi connectivity index (χ3v) is 8.97. The van der Waals surface area contributed by atoms with Crippen molar-refractivity contribution in [2.45, 2.75) is 108 Å². The molecule has 1 saturated heterocycles. The van der Waals surface area contributed by atoms with E-state index < -0.39 is 12.2 Å². The standard InChI is InChI=1S/C30H43N3O2/c1-29(2)15-16-30(3,4)23-19-20(11-12-22(23)29)24-7-6-10-27(32-24)33-17-13-21(14-18-33)31-25-8-5-9-26(34)28(25)35/h6-7,10-12,19,21,25-26,28,31,34-35H,5,8-9,13-18H2,1-4H3/t25-,26-,28+/m1/s1. The van der Waals surface area contributed by atoms with Crippen molar-refractivity contribution in [3.63, 3.8) is 0 Å².